The number of hydrogen-bond acceptors (Lipinski definition) is 13. The summed E-state index contributed by atoms with van der Waals surface area (Å²) in [5.74, 6) is -0.679. The van der Waals surface area contributed by atoms with Crippen LogP contribution in [0.4, 0.5) is 5.82 Å². The van der Waals surface area contributed by atoms with Crippen molar-refractivity contribution in [1.82, 2.24) is 19.5 Å². The molecule has 0 aliphatic rings. The van der Waals surface area contributed by atoms with E-state index in [0.717, 1.165) is 12.0 Å². The first-order valence-electron chi connectivity index (χ1n) is 15.4. The van der Waals surface area contributed by atoms with Crippen molar-refractivity contribution in [2.24, 2.45) is 17.6 Å². The van der Waals surface area contributed by atoms with Gasteiger partial charge in [-0.15, -0.1) is 0 Å². The lowest BCUT2D eigenvalue weighted by molar-refractivity contribution is -0.147. The number of imidazole rings is 1. The summed E-state index contributed by atoms with van der Waals surface area (Å²) in [6.45, 7) is 9.91. The van der Waals surface area contributed by atoms with Crippen LogP contribution in [0.15, 0.2) is 36.9 Å². The second-order valence-corrected chi connectivity index (χ2v) is 13.7. The van der Waals surface area contributed by atoms with E-state index in [9.17, 15) is 14.2 Å². The lowest BCUT2D eigenvalue weighted by Crippen LogP contribution is -2.37. The summed E-state index contributed by atoms with van der Waals surface area (Å²) in [6, 6.07) is 7.18. The van der Waals surface area contributed by atoms with Crippen molar-refractivity contribution in [2.75, 3.05) is 45.1 Å². The maximum atomic E-state index is 13.5. The van der Waals surface area contributed by atoms with Gasteiger partial charge in [-0.1, -0.05) is 52.0 Å². The van der Waals surface area contributed by atoms with Gasteiger partial charge in [-0.25, -0.2) is 15.0 Å². The number of nitrogens with zero attached hydrogens (tertiary/aromatic N) is 4. The zero-order chi connectivity index (χ0) is 33.7. The fourth-order valence-corrected chi connectivity index (χ4v) is 5.65. The number of fused-ring (bicyclic) bond motifs is 1. The minimum Gasteiger partial charge on any atom is -0.464 e. The third kappa shape index (κ3) is 11.4. The van der Waals surface area contributed by atoms with Crippen LogP contribution in [0.25, 0.3) is 11.2 Å². The molecule has 3 aromatic rings. The van der Waals surface area contributed by atoms with Crippen LogP contribution in [0.2, 0.25) is 0 Å². The molecule has 2 aromatic heterocycles. The minimum atomic E-state index is -3.79. The molecule has 3 rings (SSSR count). The third-order valence-electron chi connectivity index (χ3n) is 7.06. The quantitative estimate of drug-likeness (QED) is 0.1000. The number of nitrogen functional groups attached to an aromatic ring is 1. The highest BCUT2D eigenvalue weighted by atomic mass is 31.2. The van der Waals surface area contributed by atoms with Gasteiger partial charge in [0.2, 0.25) is 0 Å². The molecule has 0 saturated heterocycles. The highest BCUT2D eigenvalue weighted by Gasteiger charge is 2.26. The van der Waals surface area contributed by atoms with E-state index in [1.165, 1.54) is 11.9 Å². The maximum Gasteiger partial charge on any atom is 0.356 e. The smallest absolute Gasteiger partial charge is 0.356 e. The van der Waals surface area contributed by atoms with Crippen LogP contribution in [-0.2, 0) is 50.4 Å². The van der Waals surface area contributed by atoms with Gasteiger partial charge in [-0.05, 0) is 36.3 Å². The summed E-state index contributed by atoms with van der Waals surface area (Å²) in [6.07, 6.45) is 3.77. The van der Waals surface area contributed by atoms with Gasteiger partial charge in [-0.3, -0.25) is 14.2 Å². The highest BCUT2D eigenvalue weighted by molar-refractivity contribution is 7.53. The molecule has 2 unspecified atom stereocenters. The Hall–Kier alpha value is -3.42. The minimum absolute atomic E-state index is 0.0309. The molecule has 0 aliphatic carbocycles. The van der Waals surface area contributed by atoms with Gasteiger partial charge in [0.15, 0.2) is 11.5 Å². The number of carbonyl (C=O) groups is 2. The fraction of sp³-hybridized carbons (Fsp3) is 0.581. The highest BCUT2D eigenvalue weighted by Crippen LogP contribution is 2.48. The number of rotatable bonds is 20. The fourth-order valence-electron chi connectivity index (χ4n) is 4.31. The molecule has 0 radical (unpaired) electrons. The number of aromatic nitrogens is 4. The van der Waals surface area contributed by atoms with E-state index in [1.807, 2.05) is 38.1 Å². The van der Waals surface area contributed by atoms with Crippen LogP contribution >= 0.6 is 7.60 Å². The van der Waals surface area contributed by atoms with Crippen LogP contribution < -0.4 is 11.5 Å². The summed E-state index contributed by atoms with van der Waals surface area (Å²) >= 11 is 0. The van der Waals surface area contributed by atoms with Gasteiger partial charge >= 0.3 is 19.5 Å². The predicted molar refractivity (Wildman–Crippen MR) is 173 cm³/mol. The van der Waals surface area contributed by atoms with Gasteiger partial charge in [-0.2, -0.15) is 0 Å². The molecule has 0 saturated carbocycles. The molecule has 0 spiro atoms. The summed E-state index contributed by atoms with van der Waals surface area (Å²) in [4.78, 5) is 37.0. The number of nitrogens with two attached hydrogens (primary N) is 2. The second kappa shape index (κ2) is 18.1. The average molecular weight is 663 g/mol. The number of hydrogen-bond donors (Lipinski definition) is 2. The van der Waals surface area contributed by atoms with E-state index in [0.29, 0.717) is 23.6 Å². The Morgan fingerprint density at radius 2 is 1.59 bits per heavy atom. The number of benzene rings is 1. The van der Waals surface area contributed by atoms with E-state index in [1.54, 1.807) is 17.8 Å². The van der Waals surface area contributed by atoms with Gasteiger partial charge < -0.3 is 39.3 Å². The molecule has 46 heavy (non-hydrogen) atoms. The van der Waals surface area contributed by atoms with Crippen molar-refractivity contribution in [3.8, 4) is 0 Å². The van der Waals surface area contributed by atoms with Crippen molar-refractivity contribution >= 4 is 36.5 Å². The SMILES string of the molecule is CC(C)Cc1ccc(C(C)C(=O)OCCOP(=O)(COCCn2cnc3c(N)ncnc32)OCCCOC(=O)[C@H](N)C(C)C)cc1. The van der Waals surface area contributed by atoms with Crippen molar-refractivity contribution in [3.63, 3.8) is 0 Å². The molecule has 0 bridgehead atoms. The zero-order valence-electron chi connectivity index (χ0n) is 27.3. The standard InChI is InChI=1S/C31H47N6O8P/c1-21(2)17-24-7-9-25(10-8-24)23(5)30(38)43-15-16-45-46(40,44-13-6-12-42-31(39)26(32)22(3)4)20-41-14-11-37-19-36-27-28(33)34-18-35-29(27)37/h7-10,18-19,21-23,26H,6,11-17,20,32H2,1-5H3,(H2,33,34,35)/t23?,26-,46?/m1/s1. The van der Waals surface area contributed by atoms with Gasteiger partial charge in [0, 0.05) is 13.0 Å². The van der Waals surface area contributed by atoms with Crippen LogP contribution in [-0.4, -0.2) is 76.9 Å². The first kappa shape index (κ1) is 37.0. The van der Waals surface area contributed by atoms with Crippen molar-refractivity contribution in [2.45, 2.75) is 66.0 Å². The Kier molecular flexibility index (Phi) is 14.5. The molecule has 0 amide bonds. The van der Waals surface area contributed by atoms with Crippen molar-refractivity contribution in [3.05, 3.63) is 48.0 Å². The third-order valence-corrected chi connectivity index (χ3v) is 8.71. The lowest BCUT2D eigenvalue weighted by Gasteiger charge is -2.19. The summed E-state index contributed by atoms with van der Waals surface area (Å²) in [5.41, 5.74) is 14.7. The molecule has 2 heterocycles. The number of anilines is 1. The molecule has 14 nitrogen and oxygen atoms in total. The van der Waals surface area contributed by atoms with Crippen LogP contribution in [0.3, 0.4) is 0 Å². The molecule has 15 heteroatoms. The summed E-state index contributed by atoms with van der Waals surface area (Å²) in [5, 5.41) is 0. The Balaban J connectivity index is 1.50. The van der Waals surface area contributed by atoms with Gasteiger partial charge in [0.1, 0.15) is 30.8 Å². The first-order valence-corrected chi connectivity index (χ1v) is 17.2. The van der Waals surface area contributed by atoms with Crippen molar-refractivity contribution < 1.29 is 37.4 Å². The summed E-state index contributed by atoms with van der Waals surface area (Å²) < 4.78 is 42.7. The molecule has 4 N–H and O–H groups in total. The Labute approximate surface area is 270 Å². The maximum absolute atomic E-state index is 13.5. The van der Waals surface area contributed by atoms with Crippen molar-refractivity contribution in [1.29, 1.82) is 0 Å². The number of carbonyl (C=O) groups excluding carboxylic acids is 2. The molecular weight excluding hydrogens is 615 g/mol. The number of esters is 2. The van der Waals surface area contributed by atoms with E-state index >= 15 is 0 Å². The van der Waals surface area contributed by atoms with E-state index < -0.39 is 31.5 Å². The summed E-state index contributed by atoms with van der Waals surface area (Å²) in [7, 11) is -3.79. The Morgan fingerprint density at radius 3 is 2.28 bits per heavy atom. The predicted octanol–water partition coefficient (Wildman–Crippen LogP) is 4.07. The number of ether oxygens (including phenoxy) is 3. The molecule has 0 aliphatic heterocycles. The average Bonchev–Trinajstić information content (AvgIpc) is 3.44. The molecule has 0 fully saturated rings. The largest absolute Gasteiger partial charge is 0.464 e. The van der Waals surface area contributed by atoms with E-state index in [-0.39, 0.29) is 57.5 Å². The zero-order valence-corrected chi connectivity index (χ0v) is 28.2. The van der Waals surface area contributed by atoms with Crippen LogP contribution in [0.5, 0.6) is 0 Å². The van der Waals surface area contributed by atoms with Crippen LogP contribution in [0.1, 0.15) is 58.1 Å². The lowest BCUT2D eigenvalue weighted by atomic mass is 9.97. The van der Waals surface area contributed by atoms with Gasteiger partial charge in [0.25, 0.3) is 0 Å². The molecular formula is C31H47N6O8P. The monoisotopic (exact) mass is 662 g/mol. The molecule has 254 valence electrons. The normalized spacial score (nSPS) is 14.3. The Bertz CT molecular complexity index is 1450. The van der Waals surface area contributed by atoms with E-state index in [4.69, 9.17) is 34.7 Å². The molecule has 1 aromatic carbocycles. The topological polar surface area (TPSA) is 193 Å². The Morgan fingerprint density at radius 1 is 0.891 bits per heavy atom. The molecule has 3 atom stereocenters. The first-order chi connectivity index (χ1) is 21.9. The van der Waals surface area contributed by atoms with Gasteiger partial charge in [0.05, 0.1) is 38.7 Å². The second-order valence-electron chi connectivity index (χ2n) is 11.7. The van der Waals surface area contributed by atoms with E-state index in [2.05, 4.69) is 28.8 Å². The van der Waals surface area contributed by atoms with Crippen LogP contribution in [0, 0.1) is 11.8 Å².